The minimum Gasteiger partial charge on any atom is -0.0898 e. The first-order chi connectivity index (χ1) is 8.48. The third-order valence-electron chi connectivity index (χ3n) is 2.96. The third-order valence-corrected chi connectivity index (χ3v) is 4.02. The standard InChI is InChI=1S/C17H20S/c1-13-9-8-12-15(16(13)17(2,3)4)18-14-10-6-5-7-11-14/h5-12H,1-4H3. The maximum Gasteiger partial charge on any atom is 0.0162 e. The molecule has 0 aliphatic carbocycles. The largest absolute Gasteiger partial charge is 0.0898 e. The first-order valence-corrected chi connectivity index (χ1v) is 7.13. The van der Waals surface area contributed by atoms with Crippen LogP contribution in [0.15, 0.2) is 58.3 Å². The summed E-state index contributed by atoms with van der Waals surface area (Å²) in [5.74, 6) is 0. The van der Waals surface area contributed by atoms with E-state index in [0.29, 0.717) is 0 Å². The Morgan fingerprint density at radius 2 is 1.50 bits per heavy atom. The van der Waals surface area contributed by atoms with E-state index >= 15 is 0 Å². The van der Waals surface area contributed by atoms with Gasteiger partial charge in [-0.3, -0.25) is 0 Å². The number of hydrogen-bond acceptors (Lipinski definition) is 1. The van der Waals surface area contributed by atoms with Gasteiger partial charge in [0.25, 0.3) is 0 Å². The summed E-state index contributed by atoms with van der Waals surface area (Å²) in [7, 11) is 0. The summed E-state index contributed by atoms with van der Waals surface area (Å²) in [6.07, 6.45) is 0. The zero-order valence-corrected chi connectivity index (χ0v) is 12.3. The van der Waals surface area contributed by atoms with E-state index in [9.17, 15) is 0 Å². The maximum atomic E-state index is 2.28. The third kappa shape index (κ3) is 2.97. The first kappa shape index (κ1) is 13.2. The van der Waals surface area contributed by atoms with Crippen molar-refractivity contribution in [1.82, 2.24) is 0 Å². The molecule has 18 heavy (non-hydrogen) atoms. The molecule has 0 aliphatic heterocycles. The second-order valence-corrected chi connectivity index (χ2v) is 6.73. The molecule has 0 heterocycles. The number of aryl methyl sites for hydroxylation is 1. The summed E-state index contributed by atoms with van der Waals surface area (Å²) in [6, 6.07) is 17.2. The Morgan fingerprint density at radius 3 is 2.11 bits per heavy atom. The van der Waals surface area contributed by atoms with Gasteiger partial charge in [0.05, 0.1) is 0 Å². The van der Waals surface area contributed by atoms with Crippen LogP contribution in [0.2, 0.25) is 0 Å². The van der Waals surface area contributed by atoms with Gasteiger partial charge >= 0.3 is 0 Å². The molecule has 0 N–H and O–H groups in total. The van der Waals surface area contributed by atoms with Crippen molar-refractivity contribution in [2.45, 2.75) is 42.9 Å². The van der Waals surface area contributed by atoms with Gasteiger partial charge in [-0.25, -0.2) is 0 Å². The van der Waals surface area contributed by atoms with Crippen LogP contribution in [0.4, 0.5) is 0 Å². The Balaban J connectivity index is 2.43. The van der Waals surface area contributed by atoms with Gasteiger partial charge in [0.1, 0.15) is 0 Å². The Labute approximate surface area is 114 Å². The van der Waals surface area contributed by atoms with E-state index in [2.05, 4.69) is 76.2 Å². The predicted octanol–water partition coefficient (Wildman–Crippen LogP) is 5.44. The van der Waals surface area contributed by atoms with Crippen molar-refractivity contribution in [1.29, 1.82) is 0 Å². The van der Waals surface area contributed by atoms with E-state index in [1.807, 2.05) is 11.8 Å². The van der Waals surface area contributed by atoms with Crippen molar-refractivity contribution < 1.29 is 0 Å². The van der Waals surface area contributed by atoms with Gasteiger partial charge in [-0.2, -0.15) is 0 Å². The van der Waals surface area contributed by atoms with Crippen LogP contribution in [0.1, 0.15) is 31.9 Å². The lowest BCUT2D eigenvalue weighted by molar-refractivity contribution is 0.573. The molecule has 0 saturated heterocycles. The molecule has 0 saturated carbocycles. The van der Waals surface area contributed by atoms with Crippen LogP contribution in [-0.4, -0.2) is 0 Å². The van der Waals surface area contributed by atoms with Gasteiger partial charge in [0.15, 0.2) is 0 Å². The van der Waals surface area contributed by atoms with E-state index in [4.69, 9.17) is 0 Å². The molecule has 0 nitrogen and oxygen atoms in total. The lowest BCUT2D eigenvalue weighted by Gasteiger charge is -2.25. The second kappa shape index (κ2) is 5.19. The molecule has 0 atom stereocenters. The van der Waals surface area contributed by atoms with Gasteiger partial charge in [-0.1, -0.05) is 62.9 Å². The lowest BCUT2D eigenvalue weighted by Crippen LogP contribution is -2.14. The van der Waals surface area contributed by atoms with Crippen molar-refractivity contribution in [2.75, 3.05) is 0 Å². The van der Waals surface area contributed by atoms with Crippen molar-refractivity contribution >= 4 is 11.8 Å². The van der Waals surface area contributed by atoms with Crippen LogP contribution >= 0.6 is 11.8 Å². The molecular weight excluding hydrogens is 236 g/mol. The van der Waals surface area contributed by atoms with E-state index < -0.39 is 0 Å². The summed E-state index contributed by atoms with van der Waals surface area (Å²) in [6.45, 7) is 9.05. The van der Waals surface area contributed by atoms with Gasteiger partial charge in [0, 0.05) is 9.79 Å². The molecule has 0 amide bonds. The van der Waals surface area contributed by atoms with Crippen LogP contribution in [0.5, 0.6) is 0 Å². The Morgan fingerprint density at radius 1 is 0.833 bits per heavy atom. The van der Waals surface area contributed by atoms with Gasteiger partial charge in [0.2, 0.25) is 0 Å². The number of benzene rings is 2. The van der Waals surface area contributed by atoms with E-state index in [0.717, 1.165) is 0 Å². The zero-order valence-electron chi connectivity index (χ0n) is 11.5. The number of hydrogen-bond donors (Lipinski definition) is 0. The van der Waals surface area contributed by atoms with Crippen LogP contribution in [0.25, 0.3) is 0 Å². The molecule has 2 aromatic carbocycles. The van der Waals surface area contributed by atoms with Gasteiger partial charge < -0.3 is 0 Å². The Kier molecular flexibility index (Phi) is 3.82. The van der Waals surface area contributed by atoms with Crippen molar-refractivity contribution in [3.8, 4) is 0 Å². The molecule has 0 spiro atoms. The Bertz CT molecular complexity index is 521. The average molecular weight is 256 g/mol. The summed E-state index contributed by atoms with van der Waals surface area (Å²) < 4.78 is 0. The summed E-state index contributed by atoms with van der Waals surface area (Å²) >= 11 is 1.86. The monoisotopic (exact) mass is 256 g/mol. The smallest absolute Gasteiger partial charge is 0.0162 e. The van der Waals surface area contributed by atoms with Gasteiger partial charge in [-0.05, 0) is 41.7 Å². The fraction of sp³-hybridized carbons (Fsp3) is 0.294. The van der Waals surface area contributed by atoms with Crippen LogP contribution in [0, 0.1) is 6.92 Å². The molecule has 0 aromatic heterocycles. The van der Waals surface area contributed by atoms with Crippen molar-refractivity contribution in [3.05, 3.63) is 59.7 Å². The maximum absolute atomic E-state index is 2.28. The molecule has 0 fully saturated rings. The molecule has 0 unspecified atom stereocenters. The zero-order chi connectivity index (χ0) is 13.2. The van der Waals surface area contributed by atoms with Crippen molar-refractivity contribution in [3.63, 3.8) is 0 Å². The van der Waals surface area contributed by atoms with Crippen LogP contribution < -0.4 is 0 Å². The normalized spacial score (nSPS) is 11.6. The molecule has 0 bridgehead atoms. The van der Waals surface area contributed by atoms with Gasteiger partial charge in [-0.15, -0.1) is 0 Å². The minimum atomic E-state index is 0.183. The fourth-order valence-corrected chi connectivity index (χ4v) is 3.57. The Hall–Kier alpha value is -1.21. The highest BCUT2D eigenvalue weighted by Crippen LogP contribution is 2.38. The summed E-state index contributed by atoms with van der Waals surface area (Å²) in [5.41, 5.74) is 3.02. The molecule has 0 aliphatic rings. The second-order valence-electron chi connectivity index (χ2n) is 5.61. The van der Waals surface area contributed by atoms with Crippen molar-refractivity contribution in [2.24, 2.45) is 0 Å². The van der Waals surface area contributed by atoms with Crippen LogP contribution in [0.3, 0.4) is 0 Å². The SMILES string of the molecule is Cc1cccc(Sc2ccccc2)c1C(C)(C)C. The highest BCUT2D eigenvalue weighted by atomic mass is 32.2. The summed E-state index contributed by atoms with van der Waals surface area (Å²) in [4.78, 5) is 2.67. The fourth-order valence-electron chi connectivity index (χ4n) is 2.30. The number of rotatable bonds is 2. The van der Waals surface area contributed by atoms with Crippen LogP contribution in [-0.2, 0) is 5.41 Å². The van der Waals surface area contributed by atoms with E-state index in [-0.39, 0.29) is 5.41 Å². The highest BCUT2D eigenvalue weighted by molar-refractivity contribution is 7.99. The topological polar surface area (TPSA) is 0 Å². The van der Waals surface area contributed by atoms with E-state index in [1.165, 1.54) is 20.9 Å². The molecule has 0 radical (unpaired) electrons. The first-order valence-electron chi connectivity index (χ1n) is 6.31. The summed E-state index contributed by atoms with van der Waals surface area (Å²) in [5, 5.41) is 0. The molecular formula is C17H20S. The molecule has 1 heteroatoms. The predicted molar refractivity (Wildman–Crippen MR) is 80.4 cm³/mol. The quantitative estimate of drug-likeness (QED) is 0.689. The molecule has 2 rings (SSSR count). The lowest BCUT2D eigenvalue weighted by atomic mass is 9.84. The highest BCUT2D eigenvalue weighted by Gasteiger charge is 2.20. The van der Waals surface area contributed by atoms with E-state index in [1.54, 1.807) is 0 Å². The average Bonchev–Trinajstić information content (AvgIpc) is 2.28. The molecule has 94 valence electrons. The molecule has 2 aromatic rings. The minimum absolute atomic E-state index is 0.183.